The smallest absolute Gasteiger partial charge is 0.183 e. The minimum absolute atomic E-state index is 0.146. The Balaban J connectivity index is 4.15. The number of hydrogen-bond acceptors (Lipinski definition) is 7. The Morgan fingerprint density at radius 1 is 0.418 bits per heavy atom. The largest absolute Gasteiger partial charge is 0.396 e. The fourth-order valence-corrected chi connectivity index (χ4v) is 6.72. The van der Waals surface area contributed by atoms with Crippen LogP contribution in [0.3, 0.4) is 0 Å². The van der Waals surface area contributed by atoms with Crippen molar-refractivity contribution in [1.29, 1.82) is 0 Å². The van der Waals surface area contributed by atoms with Crippen molar-refractivity contribution in [3.63, 3.8) is 0 Å². The van der Waals surface area contributed by atoms with Crippen molar-refractivity contribution in [1.82, 2.24) is 0 Å². The van der Waals surface area contributed by atoms with Gasteiger partial charge in [0.05, 0.1) is 19.8 Å². The van der Waals surface area contributed by atoms with Gasteiger partial charge in [-0.1, -0.05) is 161 Å². The Morgan fingerprint density at radius 2 is 0.709 bits per heavy atom. The maximum Gasteiger partial charge on any atom is 0.183 e. The first-order valence-electron chi connectivity index (χ1n) is 23.6. The molecular formula is C48H94O7. The summed E-state index contributed by atoms with van der Waals surface area (Å²) >= 11 is 0. The van der Waals surface area contributed by atoms with Gasteiger partial charge < -0.3 is 34.3 Å². The number of unbranched alkanes of at least 4 members (excludes halogenated alkanes) is 24. The topological polar surface area (TPSA) is 97.6 Å². The maximum absolute atomic E-state index is 10.4. The van der Waals surface area contributed by atoms with Crippen LogP contribution in [0.1, 0.15) is 221 Å². The molecule has 0 bridgehead atoms. The Hall–Kier alpha value is -0.800. The van der Waals surface area contributed by atoms with Crippen molar-refractivity contribution in [3.05, 3.63) is 24.3 Å². The van der Waals surface area contributed by atoms with Gasteiger partial charge in [-0.25, -0.2) is 0 Å². The molecule has 55 heavy (non-hydrogen) atoms. The molecule has 0 spiro atoms. The lowest BCUT2D eigenvalue weighted by atomic mass is 9.88. The Bertz CT molecular complexity index is 748. The highest BCUT2D eigenvalue weighted by atomic mass is 16.7. The van der Waals surface area contributed by atoms with E-state index in [0.717, 1.165) is 25.7 Å². The van der Waals surface area contributed by atoms with E-state index < -0.39 is 30.2 Å². The Labute approximate surface area is 341 Å². The molecule has 7 nitrogen and oxygen atoms in total. The molecule has 0 rings (SSSR count). The first kappa shape index (κ1) is 54.2. The van der Waals surface area contributed by atoms with Crippen LogP contribution in [0.5, 0.6) is 0 Å². The van der Waals surface area contributed by atoms with Gasteiger partial charge in [0.25, 0.3) is 0 Å². The lowest BCUT2D eigenvalue weighted by molar-refractivity contribution is -0.234. The number of ether oxygens (including phenoxy) is 4. The molecule has 0 aliphatic carbocycles. The van der Waals surface area contributed by atoms with E-state index >= 15 is 0 Å². The van der Waals surface area contributed by atoms with E-state index in [1.54, 1.807) is 13.8 Å². The van der Waals surface area contributed by atoms with Gasteiger partial charge in [0.2, 0.25) is 0 Å². The fraction of sp³-hybridized carbons (Fsp3) is 0.917. The minimum atomic E-state index is -0.798. The molecule has 0 aromatic rings. The zero-order valence-electron chi connectivity index (χ0n) is 37.1. The standard InChI is InChI=1S/C48H94O7/c1-6-9-11-13-15-17-19-21-23-25-27-29-31-33-35-37-39-52-46(44(4)50)54-42-48(8-3,41-49)43-55-47(45(5)51)53-40-38-36-34-32-30-28-26-24-22-20-18-16-14-12-10-7-2/h21-24,44-47,49-51H,6-20,25-43H2,1-5H3. The molecule has 4 unspecified atom stereocenters. The second-order valence-electron chi connectivity index (χ2n) is 16.5. The van der Waals surface area contributed by atoms with Crippen LogP contribution in [0.25, 0.3) is 0 Å². The second kappa shape index (κ2) is 41.4. The zero-order valence-corrected chi connectivity index (χ0v) is 37.1. The summed E-state index contributed by atoms with van der Waals surface area (Å²) in [7, 11) is 0. The van der Waals surface area contributed by atoms with E-state index in [4.69, 9.17) is 18.9 Å². The van der Waals surface area contributed by atoms with Crippen molar-refractivity contribution >= 4 is 0 Å². The number of aliphatic hydroxyl groups is 3. The summed E-state index contributed by atoms with van der Waals surface area (Å²) in [5, 5.41) is 31.1. The fourth-order valence-electron chi connectivity index (χ4n) is 6.72. The third kappa shape index (κ3) is 34.9. The van der Waals surface area contributed by atoms with E-state index in [9.17, 15) is 15.3 Å². The summed E-state index contributed by atoms with van der Waals surface area (Å²) < 4.78 is 24.0. The average molecular weight is 783 g/mol. The monoisotopic (exact) mass is 783 g/mol. The van der Waals surface area contributed by atoms with Crippen molar-refractivity contribution < 1.29 is 34.3 Å². The van der Waals surface area contributed by atoms with Crippen molar-refractivity contribution in [2.75, 3.05) is 33.0 Å². The molecule has 328 valence electrons. The van der Waals surface area contributed by atoms with Gasteiger partial charge >= 0.3 is 0 Å². The summed E-state index contributed by atoms with van der Waals surface area (Å²) in [5.74, 6) is 0. The number of aliphatic hydroxyl groups excluding tert-OH is 3. The highest BCUT2D eigenvalue weighted by molar-refractivity contribution is 4.82. The Morgan fingerprint density at radius 3 is 0.982 bits per heavy atom. The lowest BCUT2D eigenvalue weighted by Gasteiger charge is -2.34. The summed E-state index contributed by atoms with van der Waals surface area (Å²) in [6.07, 6.45) is 42.1. The molecule has 0 radical (unpaired) electrons. The van der Waals surface area contributed by atoms with Gasteiger partial charge in [0.1, 0.15) is 12.2 Å². The molecule has 0 aliphatic heterocycles. The van der Waals surface area contributed by atoms with Crippen LogP contribution in [-0.2, 0) is 18.9 Å². The third-order valence-electron chi connectivity index (χ3n) is 10.9. The van der Waals surface area contributed by atoms with Crippen LogP contribution < -0.4 is 0 Å². The van der Waals surface area contributed by atoms with Crippen molar-refractivity contribution in [2.45, 2.75) is 246 Å². The van der Waals surface area contributed by atoms with Crippen LogP contribution in [0.4, 0.5) is 0 Å². The molecule has 0 aromatic heterocycles. The molecular weight excluding hydrogens is 689 g/mol. The molecule has 0 aliphatic rings. The summed E-state index contributed by atoms with van der Waals surface area (Å²) in [4.78, 5) is 0. The zero-order chi connectivity index (χ0) is 40.5. The van der Waals surface area contributed by atoms with E-state index in [1.807, 2.05) is 6.92 Å². The summed E-state index contributed by atoms with van der Waals surface area (Å²) in [5.41, 5.74) is -0.695. The van der Waals surface area contributed by atoms with Crippen LogP contribution in [0, 0.1) is 5.41 Å². The molecule has 0 heterocycles. The predicted molar refractivity (Wildman–Crippen MR) is 233 cm³/mol. The lowest BCUT2D eigenvalue weighted by Crippen LogP contribution is -2.42. The average Bonchev–Trinajstić information content (AvgIpc) is 3.18. The van der Waals surface area contributed by atoms with Gasteiger partial charge in [-0.05, 0) is 84.5 Å². The normalized spacial score (nSPS) is 15.6. The predicted octanol–water partition coefficient (Wildman–Crippen LogP) is 12.9. The number of hydrogen-bond donors (Lipinski definition) is 3. The molecule has 3 N–H and O–H groups in total. The second-order valence-corrected chi connectivity index (χ2v) is 16.5. The van der Waals surface area contributed by atoms with Crippen molar-refractivity contribution in [3.8, 4) is 0 Å². The van der Waals surface area contributed by atoms with Gasteiger partial charge in [-0.3, -0.25) is 0 Å². The third-order valence-corrected chi connectivity index (χ3v) is 10.9. The van der Waals surface area contributed by atoms with Gasteiger partial charge in [-0.15, -0.1) is 0 Å². The van der Waals surface area contributed by atoms with Crippen LogP contribution >= 0.6 is 0 Å². The molecule has 0 amide bonds. The molecule has 0 saturated carbocycles. The number of rotatable bonds is 44. The maximum atomic E-state index is 10.4. The highest BCUT2D eigenvalue weighted by Crippen LogP contribution is 2.25. The SMILES string of the molecule is CCCCCCCCC=CCCCCCCCCOC(OCC(CC)(CO)COC(OCCCCCCCCC=CCCCCCCCC)C(C)O)C(C)O. The quantitative estimate of drug-likeness (QED) is 0.0322. The minimum Gasteiger partial charge on any atom is -0.396 e. The Kier molecular flexibility index (Phi) is 40.8. The van der Waals surface area contributed by atoms with Gasteiger partial charge in [0, 0.05) is 18.6 Å². The van der Waals surface area contributed by atoms with Gasteiger partial charge in [0.15, 0.2) is 12.6 Å². The van der Waals surface area contributed by atoms with Crippen LogP contribution in [0.15, 0.2) is 24.3 Å². The van der Waals surface area contributed by atoms with Crippen molar-refractivity contribution in [2.24, 2.45) is 5.41 Å². The molecule has 7 heteroatoms. The number of allylic oxidation sites excluding steroid dienone is 4. The molecule has 0 saturated heterocycles. The van der Waals surface area contributed by atoms with E-state index in [-0.39, 0.29) is 19.8 Å². The van der Waals surface area contributed by atoms with E-state index in [0.29, 0.717) is 19.6 Å². The van der Waals surface area contributed by atoms with Crippen LogP contribution in [-0.4, -0.2) is 73.1 Å². The first-order chi connectivity index (χ1) is 26.9. The highest BCUT2D eigenvalue weighted by Gasteiger charge is 2.33. The van der Waals surface area contributed by atoms with Gasteiger partial charge in [-0.2, -0.15) is 0 Å². The first-order valence-corrected chi connectivity index (χ1v) is 23.6. The molecule has 0 aromatic carbocycles. The molecule has 0 fully saturated rings. The molecule has 4 atom stereocenters. The van der Waals surface area contributed by atoms with E-state index in [2.05, 4.69) is 38.2 Å². The summed E-state index contributed by atoms with van der Waals surface area (Å²) in [6.45, 7) is 11.1. The van der Waals surface area contributed by atoms with E-state index in [1.165, 1.54) is 154 Å². The summed E-state index contributed by atoms with van der Waals surface area (Å²) in [6, 6.07) is 0. The van der Waals surface area contributed by atoms with Crippen LogP contribution in [0.2, 0.25) is 0 Å².